The minimum absolute atomic E-state index is 0.0447. The van der Waals surface area contributed by atoms with E-state index in [0.717, 1.165) is 5.56 Å². The fraction of sp³-hybridized carbons (Fsp3) is 0.308. The van der Waals surface area contributed by atoms with Crippen LogP contribution < -0.4 is 15.0 Å². The van der Waals surface area contributed by atoms with Gasteiger partial charge in [0.25, 0.3) is 5.91 Å². The monoisotopic (exact) mass is 492 g/mol. The second-order valence-electron chi connectivity index (χ2n) is 8.49. The second kappa shape index (κ2) is 10.8. The van der Waals surface area contributed by atoms with Crippen molar-refractivity contribution in [3.05, 3.63) is 65.4 Å². The molecule has 2 aromatic rings. The van der Waals surface area contributed by atoms with Crippen LogP contribution >= 0.6 is 11.8 Å². The molecule has 0 saturated carbocycles. The van der Waals surface area contributed by atoms with Gasteiger partial charge in [0.2, 0.25) is 5.91 Å². The molecular formula is C26H28N4O4S. The summed E-state index contributed by atoms with van der Waals surface area (Å²) >= 11 is 1.41. The van der Waals surface area contributed by atoms with E-state index in [1.165, 1.54) is 22.2 Å². The Labute approximate surface area is 209 Å². The highest BCUT2D eigenvalue weighted by molar-refractivity contribution is 8.14. The summed E-state index contributed by atoms with van der Waals surface area (Å²) in [6.45, 7) is 4.64. The number of thioether (sulfide) groups is 1. The number of benzene rings is 2. The third-order valence-electron chi connectivity index (χ3n) is 5.74. The molecule has 0 bridgehead atoms. The summed E-state index contributed by atoms with van der Waals surface area (Å²) in [7, 11) is 1.58. The summed E-state index contributed by atoms with van der Waals surface area (Å²) in [5.74, 6) is 1.21. The number of nitrogens with zero attached hydrogens (tertiary/aromatic N) is 3. The number of hydrogen-bond donors (Lipinski definition) is 1. The molecule has 0 spiro atoms. The molecule has 0 atom stereocenters. The normalized spacial score (nSPS) is 17.0. The maximum Gasteiger partial charge on any atom is 0.324 e. The molecule has 2 heterocycles. The number of rotatable bonds is 8. The van der Waals surface area contributed by atoms with E-state index in [4.69, 9.17) is 4.74 Å². The molecule has 182 valence electrons. The topological polar surface area (TPSA) is 91.3 Å². The number of carbonyl (C=O) groups is 3. The number of nitrogens with one attached hydrogen (secondary N) is 1. The van der Waals surface area contributed by atoms with Crippen LogP contribution in [-0.2, 0) is 9.59 Å². The van der Waals surface area contributed by atoms with Crippen molar-refractivity contribution in [2.24, 2.45) is 4.99 Å². The number of urea groups is 1. The fourth-order valence-corrected chi connectivity index (χ4v) is 4.71. The van der Waals surface area contributed by atoms with Crippen LogP contribution in [0.15, 0.2) is 59.2 Å². The van der Waals surface area contributed by atoms with Crippen LogP contribution in [0.1, 0.15) is 37.3 Å². The van der Waals surface area contributed by atoms with Crippen molar-refractivity contribution in [1.29, 1.82) is 0 Å². The van der Waals surface area contributed by atoms with Crippen LogP contribution in [0.4, 0.5) is 10.5 Å². The highest BCUT2D eigenvalue weighted by Gasteiger charge is 2.32. The average Bonchev–Trinajstić information content (AvgIpc) is 3.34. The molecule has 4 rings (SSSR count). The van der Waals surface area contributed by atoms with Crippen LogP contribution in [0.25, 0.3) is 6.08 Å². The van der Waals surface area contributed by atoms with Crippen molar-refractivity contribution >= 4 is 46.5 Å². The maximum atomic E-state index is 13.4. The van der Waals surface area contributed by atoms with Gasteiger partial charge in [0.15, 0.2) is 5.17 Å². The number of carbonyl (C=O) groups excluding carboxylic acids is 3. The highest BCUT2D eigenvalue weighted by Crippen LogP contribution is 2.31. The number of hydrogen-bond acceptors (Lipinski definition) is 6. The van der Waals surface area contributed by atoms with Gasteiger partial charge in [-0.3, -0.25) is 19.4 Å². The molecular weight excluding hydrogens is 464 g/mol. The first-order valence-corrected chi connectivity index (χ1v) is 12.5. The molecule has 8 nitrogen and oxygen atoms in total. The second-order valence-corrected chi connectivity index (χ2v) is 9.56. The number of aliphatic imine (C=N–C) groups is 1. The Balaban J connectivity index is 1.54. The molecule has 0 radical (unpaired) electrons. The SMILES string of the molecule is COc1cccc(N2C(=O)/C(=C/c3ccc(C(C)C)cc3)N=C2SCCCN2C(=O)CNC2=O)c1. The largest absolute Gasteiger partial charge is 0.497 e. The van der Waals surface area contributed by atoms with Gasteiger partial charge in [-0.1, -0.05) is 55.9 Å². The van der Waals surface area contributed by atoms with Crippen LogP contribution in [0.2, 0.25) is 0 Å². The van der Waals surface area contributed by atoms with Crippen LogP contribution in [-0.4, -0.2) is 53.9 Å². The summed E-state index contributed by atoms with van der Waals surface area (Å²) < 4.78 is 5.34. The minimum atomic E-state index is -0.361. The van der Waals surface area contributed by atoms with Crippen molar-refractivity contribution in [1.82, 2.24) is 10.2 Å². The van der Waals surface area contributed by atoms with Gasteiger partial charge in [0.1, 0.15) is 11.4 Å². The molecule has 1 fully saturated rings. The molecule has 9 heteroatoms. The van der Waals surface area contributed by atoms with Gasteiger partial charge in [-0.25, -0.2) is 9.79 Å². The Morgan fingerprint density at radius 3 is 2.57 bits per heavy atom. The Morgan fingerprint density at radius 2 is 1.91 bits per heavy atom. The van der Waals surface area contributed by atoms with Crippen molar-refractivity contribution in [2.75, 3.05) is 30.9 Å². The predicted molar refractivity (Wildman–Crippen MR) is 139 cm³/mol. The third kappa shape index (κ3) is 5.57. The molecule has 1 saturated heterocycles. The van der Waals surface area contributed by atoms with E-state index >= 15 is 0 Å². The number of methoxy groups -OCH3 is 1. The minimum Gasteiger partial charge on any atom is -0.497 e. The zero-order valence-electron chi connectivity index (χ0n) is 20.0. The number of amides is 4. The molecule has 4 amide bonds. The lowest BCUT2D eigenvalue weighted by atomic mass is 10.0. The summed E-state index contributed by atoms with van der Waals surface area (Å²) in [6.07, 6.45) is 2.37. The van der Waals surface area contributed by atoms with E-state index in [2.05, 4.69) is 36.3 Å². The lowest BCUT2D eigenvalue weighted by molar-refractivity contribution is -0.125. The first-order valence-electron chi connectivity index (χ1n) is 11.5. The average molecular weight is 493 g/mol. The Kier molecular flexibility index (Phi) is 7.55. The summed E-state index contributed by atoms with van der Waals surface area (Å²) in [5.41, 5.74) is 3.14. The number of ether oxygens (including phenoxy) is 1. The van der Waals surface area contributed by atoms with Gasteiger partial charge in [0, 0.05) is 18.4 Å². The maximum absolute atomic E-state index is 13.4. The molecule has 1 N–H and O–H groups in total. The number of anilines is 1. The van der Waals surface area contributed by atoms with Gasteiger partial charge in [-0.2, -0.15) is 0 Å². The lowest BCUT2D eigenvalue weighted by Gasteiger charge is -2.19. The summed E-state index contributed by atoms with van der Waals surface area (Å²) in [5, 5.41) is 3.07. The zero-order valence-corrected chi connectivity index (χ0v) is 20.8. The summed E-state index contributed by atoms with van der Waals surface area (Å²) in [6, 6.07) is 15.0. The van der Waals surface area contributed by atoms with Gasteiger partial charge in [-0.05, 0) is 41.7 Å². The molecule has 2 aliphatic heterocycles. The zero-order chi connectivity index (χ0) is 24.9. The highest BCUT2D eigenvalue weighted by atomic mass is 32.2. The molecule has 0 aromatic heterocycles. The van der Waals surface area contributed by atoms with Crippen molar-refractivity contribution in [3.8, 4) is 5.75 Å². The van der Waals surface area contributed by atoms with E-state index in [1.54, 1.807) is 24.2 Å². The predicted octanol–water partition coefficient (Wildman–Crippen LogP) is 4.24. The Hall–Kier alpha value is -3.59. The van der Waals surface area contributed by atoms with E-state index in [1.807, 2.05) is 30.3 Å². The standard InChI is InChI=1S/C26H28N4O4S/c1-17(2)19-10-8-18(9-11-19)14-22-24(32)30(20-6-4-7-21(15-20)34-3)26(28-22)35-13-5-12-29-23(31)16-27-25(29)33/h4,6-11,14-15,17H,5,12-13,16H2,1-3H3,(H,27,33)/b22-14-. The summed E-state index contributed by atoms with van der Waals surface area (Å²) in [4.78, 5) is 44.4. The first-order chi connectivity index (χ1) is 16.9. The van der Waals surface area contributed by atoms with Gasteiger partial charge in [-0.15, -0.1) is 0 Å². The Bertz CT molecular complexity index is 1170. The van der Waals surface area contributed by atoms with Gasteiger partial charge in [0.05, 0.1) is 19.3 Å². The first kappa shape index (κ1) is 24.5. The van der Waals surface area contributed by atoms with E-state index in [-0.39, 0.29) is 24.4 Å². The molecule has 35 heavy (non-hydrogen) atoms. The van der Waals surface area contributed by atoms with Crippen LogP contribution in [0, 0.1) is 0 Å². The van der Waals surface area contributed by atoms with Crippen molar-refractivity contribution in [2.45, 2.75) is 26.2 Å². The van der Waals surface area contributed by atoms with Crippen molar-refractivity contribution < 1.29 is 19.1 Å². The fourth-order valence-electron chi connectivity index (χ4n) is 3.77. The third-order valence-corrected chi connectivity index (χ3v) is 6.77. The molecule has 2 aliphatic rings. The van der Waals surface area contributed by atoms with Crippen LogP contribution in [0.5, 0.6) is 5.75 Å². The lowest BCUT2D eigenvalue weighted by Crippen LogP contribution is -2.32. The van der Waals surface area contributed by atoms with Gasteiger partial charge < -0.3 is 10.1 Å². The number of amidine groups is 1. The quantitative estimate of drug-likeness (QED) is 0.338. The van der Waals surface area contributed by atoms with Gasteiger partial charge >= 0.3 is 6.03 Å². The molecule has 0 aliphatic carbocycles. The number of imide groups is 1. The smallest absolute Gasteiger partial charge is 0.324 e. The van der Waals surface area contributed by atoms with E-state index in [0.29, 0.717) is 46.9 Å². The Morgan fingerprint density at radius 1 is 1.14 bits per heavy atom. The molecule has 2 aromatic carbocycles. The molecule has 0 unspecified atom stereocenters. The van der Waals surface area contributed by atoms with E-state index in [9.17, 15) is 14.4 Å². The van der Waals surface area contributed by atoms with E-state index < -0.39 is 0 Å². The van der Waals surface area contributed by atoms with Crippen molar-refractivity contribution in [3.63, 3.8) is 0 Å². The van der Waals surface area contributed by atoms with Crippen LogP contribution in [0.3, 0.4) is 0 Å².